The number of aromatic amines is 1. The summed E-state index contributed by atoms with van der Waals surface area (Å²) in [5.41, 5.74) is 0.600. The van der Waals surface area contributed by atoms with Gasteiger partial charge in [0.1, 0.15) is 23.6 Å². The van der Waals surface area contributed by atoms with Crippen LogP contribution in [0.2, 0.25) is 0 Å². The number of hydrogen-bond acceptors (Lipinski definition) is 7. The number of morpholine rings is 1. The summed E-state index contributed by atoms with van der Waals surface area (Å²) in [6, 6.07) is 6.40. The number of nitrogens with zero attached hydrogens (tertiary/aromatic N) is 5. The van der Waals surface area contributed by atoms with Gasteiger partial charge in [-0.15, -0.1) is 0 Å². The van der Waals surface area contributed by atoms with Crippen molar-refractivity contribution in [1.29, 1.82) is 5.26 Å². The molecule has 9 nitrogen and oxygen atoms in total. The van der Waals surface area contributed by atoms with E-state index in [1.807, 2.05) is 17.9 Å². The van der Waals surface area contributed by atoms with Crippen LogP contribution in [0, 0.1) is 28.4 Å². The Morgan fingerprint density at radius 1 is 1.57 bits per heavy atom. The number of hydrogen-bond donors (Lipinski definition) is 1. The van der Waals surface area contributed by atoms with Gasteiger partial charge in [0, 0.05) is 18.3 Å². The maximum atomic E-state index is 10.9. The SMILES string of the molecule is Cc1nc([C@H]2CN(c3ccc([N+](=O)[O-])c(C#N)c3)CCO2)n[nH]1. The number of nitro groups is 1. The van der Waals surface area contributed by atoms with E-state index < -0.39 is 4.92 Å². The molecule has 1 N–H and O–H groups in total. The van der Waals surface area contributed by atoms with Gasteiger partial charge in [0.15, 0.2) is 5.82 Å². The number of nitriles is 1. The first-order chi connectivity index (χ1) is 11.1. The number of H-pyrrole nitrogens is 1. The molecule has 0 radical (unpaired) electrons. The molecule has 0 aliphatic carbocycles. The van der Waals surface area contributed by atoms with Gasteiger partial charge in [-0.2, -0.15) is 10.4 Å². The lowest BCUT2D eigenvalue weighted by molar-refractivity contribution is -0.385. The summed E-state index contributed by atoms with van der Waals surface area (Å²) in [4.78, 5) is 16.6. The van der Waals surface area contributed by atoms with Crippen molar-refractivity contribution in [2.45, 2.75) is 13.0 Å². The van der Waals surface area contributed by atoms with E-state index in [-0.39, 0.29) is 17.4 Å². The zero-order valence-electron chi connectivity index (χ0n) is 12.4. The first-order valence-electron chi connectivity index (χ1n) is 7.02. The van der Waals surface area contributed by atoms with E-state index >= 15 is 0 Å². The minimum atomic E-state index is -0.555. The number of benzene rings is 1. The molecule has 23 heavy (non-hydrogen) atoms. The minimum absolute atomic E-state index is 0.0456. The summed E-state index contributed by atoms with van der Waals surface area (Å²) in [5, 5.41) is 26.9. The second-order valence-corrected chi connectivity index (χ2v) is 5.15. The van der Waals surface area contributed by atoms with E-state index in [0.717, 1.165) is 5.69 Å². The first-order valence-corrected chi connectivity index (χ1v) is 7.02. The molecule has 1 aromatic heterocycles. The third-order valence-electron chi connectivity index (χ3n) is 3.63. The summed E-state index contributed by atoms with van der Waals surface area (Å²) >= 11 is 0. The van der Waals surface area contributed by atoms with Gasteiger partial charge in [0.25, 0.3) is 5.69 Å². The lowest BCUT2D eigenvalue weighted by atomic mass is 10.1. The molecule has 0 saturated carbocycles. The second-order valence-electron chi connectivity index (χ2n) is 5.15. The molecule has 3 rings (SSSR count). The van der Waals surface area contributed by atoms with E-state index in [4.69, 9.17) is 10.00 Å². The van der Waals surface area contributed by atoms with Gasteiger partial charge >= 0.3 is 0 Å². The van der Waals surface area contributed by atoms with Crippen LogP contribution in [0.1, 0.15) is 23.3 Å². The zero-order valence-corrected chi connectivity index (χ0v) is 12.4. The van der Waals surface area contributed by atoms with Crippen LogP contribution in [0.5, 0.6) is 0 Å². The molecule has 1 saturated heterocycles. The third kappa shape index (κ3) is 2.97. The average molecular weight is 314 g/mol. The molecule has 2 aromatic rings. The molecule has 1 fully saturated rings. The molecule has 118 valence electrons. The molecule has 2 heterocycles. The lowest BCUT2D eigenvalue weighted by Crippen LogP contribution is -2.38. The fraction of sp³-hybridized carbons (Fsp3) is 0.357. The fourth-order valence-electron chi connectivity index (χ4n) is 2.51. The van der Waals surface area contributed by atoms with Crippen molar-refractivity contribution in [1.82, 2.24) is 15.2 Å². The summed E-state index contributed by atoms with van der Waals surface area (Å²) in [7, 11) is 0. The third-order valence-corrected chi connectivity index (χ3v) is 3.63. The second kappa shape index (κ2) is 6.02. The first kappa shape index (κ1) is 14.9. The molecular formula is C14H14N6O3. The van der Waals surface area contributed by atoms with Crippen LogP contribution >= 0.6 is 0 Å². The topological polar surface area (TPSA) is 121 Å². The number of rotatable bonds is 3. The van der Waals surface area contributed by atoms with Crippen molar-refractivity contribution < 1.29 is 9.66 Å². The van der Waals surface area contributed by atoms with Crippen molar-refractivity contribution >= 4 is 11.4 Å². The van der Waals surface area contributed by atoms with Crippen LogP contribution in [0.15, 0.2) is 18.2 Å². The Labute approximate surface area is 131 Å². The van der Waals surface area contributed by atoms with Gasteiger partial charge in [-0.25, -0.2) is 4.98 Å². The monoisotopic (exact) mass is 314 g/mol. The normalized spacial score (nSPS) is 17.7. The number of ether oxygens (including phenoxy) is 1. The highest BCUT2D eigenvalue weighted by atomic mass is 16.6. The lowest BCUT2D eigenvalue weighted by Gasteiger charge is -2.33. The highest BCUT2D eigenvalue weighted by Crippen LogP contribution is 2.28. The zero-order chi connectivity index (χ0) is 16.4. The van der Waals surface area contributed by atoms with Gasteiger partial charge in [0.05, 0.1) is 18.1 Å². The molecule has 0 spiro atoms. The molecule has 1 aromatic carbocycles. The van der Waals surface area contributed by atoms with Crippen LogP contribution in [0.3, 0.4) is 0 Å². The van der Waals surface area contributed by atoms with Crippen molar-refractivity contribution in [3.63, 3.8) is 0 Å². The Hall–Kier alpha value is -2.99. The van der Waals surface area contributed by atoms with Crippen LogP contribution < -0.4 is 4.90 Å². The van der Waals surface area contributed by atoms with E-state index in [0.29, 0.717) is 31.3 Å². The summed E-state index contributed by atoms with van der Waals surface area (Å²) in [6.07, 6.45) is -0.283. The van der Waals surface area contributed by atoms with Crippen molar-refractivity contribution in [3.05, 3.63) is 45.5 Å². The van der Waals surface area contributed by atoms with E-state index in [9.17, 15) is 10.1 Å². The van der Waals surface area contributed by atoms with Gasteiger partial charge in [-0.3, -0.25) is 15.2 Å². The van der Waals surface area contributed by atoms with Crippen molar-refractivity contribution in [2.24, 2.45) is 0 Å². The van der Waals surface area contributed by atoms with Gasteiger partial charge in [-0.05, 0) is 19.1 Å². The van der Waals surface area contributed by atoms with Crippen LogP contribution in [0.4, 0.5) is 11.4 Å². The van der Waals surface area contributed by atoms with Crippen LogP contribution in [-0.2, 0) is 4.74 Å². The Bertz CT molecular complexity index is 781. The predicted octanol–water partition coefficient (Wildman–Crippen LogP) is 1.47. The largest absolute Gasteiger partial charge is 0.366 e. The van der Waals surface area contributed by atoms with Gasteiger partial charge < -0.3 is 9.64 Å². The number of aryl methyl sites for hydroxylation is 1. The Morgan fingerprint density at radius 3 is 3.04 bits per heavy atom. The van der Waals surface area contributed by atoms with Gasteiger partial charge in [-0.1, -0.05) is 0 Å². The Kier molecular flexibility index (Phi) is 3.91. The summed E-state index contributed by atoms with van der Waals surface area (Å²) in [5.74, 6) is 1.29. The van der Waals surface area contributed by atoms with E-state index in [2.05, 4.69) is 15.2 Å². The average Bonchev–Trinajstić information content (AvgIpc) is 3.01. The highest BCUT2D eigenvalue weighted by molar-refractivity contribution is 5.60. The molecular weight excluding hydrogens is 300 g/mol. The number of nitro benzene ring substituents is 1. The minimum Gasteiger partial charge on any atom is -0.366 e. The maximum absolute atomic E-state index is 10.9. The standard InChI is InChI=1S/C14H14N6O3/c1-9-16-14(18-17-9)13-8-19(4-5-23-13)11-2-3-12(20(21)22)10(6-11)7-15/h2-3,6,13H,4-5,8H2,1H3,(H,16,17,18)/t13-/m1/s1. The highest BCUT2D eigenvalue weighted by Gasteiger charge is 2.26. The van der Waals surface area contributed by atoms with Crippen LogP contribution in [0.25, 0.3) is 0 Å². The van der Waals surface area contributed by atoms with Crippen molar-refractivity contribution in [2.75, 3.05) is 24.6 Å². The van der Waals surface area contributed by atoms with Gasteiger partial charge in [0.2, 0.25) is 0 Å². The molecule has 0 bridgehead atoms. The number of aromatic nitrogens is 3. The molecule has 1 aliphatic rings. The molecule has 1 aliphatic heterocycles. The van der Waals surface area contributed by atoms with E-state index in [1.165, 1.54) is 12.1 Å². The number of nitrogens with one attached hydrogen (secondary N) is 1. The smallest absolute Gasteiger partial charge is 0.287 e. The molecule has 1 atom stereocenters. The molecule has 9 heteroatoms. The predicted molar refractivity (Wildman–Crippen MR) is 79.8 cm³/mol. The Morgan fingerprint density at radius 2 is 2.39 bits per heavy atom. The number of anilines is 1. The molecule has 0 unspecified atom stereocenters. The maximum Gasteiger partial charge on any atom is 0.287 e. The van der Waals surface area contributed by atoms with Crippen molar-refractivity contribution in [3.8, 4) is 6.07 Å². The van der Waals surface area contributed by atoms with Crippen LogP contribution in [-0.4, -0.2) is 39.8 Å². The summed E-state index contributed by atoms with van der Waals surface area (Å²) < 4.78 is 5.69. The van der Waals surface area contributed by atoms with E-state index in [1.54, 1.807) is 6.07 Å². The Balaban J connectivity index is 1.84. The molecule has 0 amide bonds. The quantitative estimate of drug-likeness (QED) is 0.672. The summed E-state index contributed by atoms with van der Waals surface area (Å²) in [6.45, 7) is 3.44. The fourth-order valence-corrected chi connectivity index (χ4v) is 2.51.